The highest BCUT2D eigenvalue weighted by atomic mass is 32.2. The van der Waals surface area contributed by atoms with Crippen molar-refractivity contribution in [3.05, 3.63) is 53.6 Å². The number of thiazole rings is 1. The molecule has 3 aromatic rings. The monoisotopic (exact) mass is 344 g/mol. The lowest BCUT2D eigenvalue weighted by Crippen LogP contribution is -2.17. The molecular weight excluding hydrogens is 328 g/mol. The highest BCUT2D eigenvalue weighted by molar-refractivity contribution is 7.98. The number of benzene rings is 1. The van der Waals surface area contributed by atoms with Crippen LogP contribution in [0.25, 0.3) is 10.2 Å². The van der Waals surface area contributed by atoms with Gasteiger partial charge in [-0.15, -0.1) is 18.3 Å². The van der Waals surface area contributed by atoms with Crippen molar-refractivity contribution in [2.24, 2.45) is 12.0 Å². The lowest BCUT2D eigenvalue weighted by molar-refractivity contribution is 0.0989. The number of fused-ring (bicyclic) bond motifs is 1. The summed E-state index contributed by atoms with van der Waals surface area (Å²) in [5.41, 5.74) is 1.53. The van der Waals surface area contributed by atoms with Gasteiger partial charge >= 0.3 is 0 Å². The van der Waals surface area contributed by atoms with Crippen molar-refractivity contribution in [1.29, 1.82) is 0 Å². The zero-order valence-corrected chi connectivity index (χ0v) is 14.5. The molecule has 0 N–H and O–H groups in total. The summed E-state index contributed by atoms with van der Waals surface area (Å²) in [6.07, 6.45) is 5.45. The van der Waals surface area contributed by atoms with Crippen molar-refractivity contribution in [2.45, 2.75) is 11.4 Å². The predicted octanol–water partition coefficient (Wildman–Crippen LogP) is 3.09. The number of rotatable bonds is 4. The van der Waals surface area contributed by atoms with Crippen LogP contribution in [0, 0.1) is 0 Å². The van der Waals surface area contributed by atoms with Crippen LogP contribution in [0.3, 0.4) is 0 Å². The number of aryl methyl sites for hydroxylation is 1. The van der Waals surface area contributed by atoms with Crippen LogP contribution in [-0.2, 0) is 13.6 Å². The van der Waals surface area contributed by atoms with Crippen LogP contribution in [-0.4, -0.2) is 26.5 Å². The minimum atomic E-state index is -0.292. The third kappa shape index (κ3) is 3.02. The molecule has 0 atom stereocenters. The molecule has 0 saturated heterocycles. The van der Waals surface area contributed by atoms with E-state index in [4.69, 9.17) is 0 Å². The zero-order valence-electron chi connectivity index (χ0n) is 12.9. The van der Waals surface area contributed by atoms with E-state index in [9.17, 15) is 4.79 Å². The molecule has 0 aliphatic heterocycles. The Balaban J connectivity index is 2.17. The molecule has 0 fully saturated rings. The second-order valence-corrected chi connectivity index (χ2v) is 6.76. The smallest absolute Gasteiger partial charge is 0.297 e. The van der Waals surface area contributed by atoms with Gasteiger partial charge < -0.3 is 4.57 Å². The summed E-state index contributed by atoms with van der Waals surface area (Å²) in [5.74, 6) is -0.292. The molecule has 3 rings (SSSR count). The summed E-state index contributed by atoms with van der Waals surface area (Å²) >= 11 is 3.20. The van der Waals surface area contributed by atoms with Crippen LogP contribution in [0.5, 0.6) is 0 Å². The highest BCUT2D eigenvalue weighted by Crippen LogP contribution is 2.24. The Kier molecular flexibility index (Phi) is 4.49. The molecule has 0 unspecified atom stereocenters. The number of allylic oxidation sites excluding steroid dienone is 1. The van der Waals surface area contributed by atoms with Crippen LogP contribution in [0.2, 0.25) is 0 Å². The number of aromatic nitrogens is 3. The molecule has 7 heteroatoms. The molecule has 118 valence electrons. The number of amides is 1. The quantitative estimate of drug-likeness (QED) is 0.540. The molecule has 23 heavy (non-hydrogen) atoms. The largest absolute Gasteiger partial charge is 0.312 e. The molecule has 0 saturated carbocycles. The molecule has 0 aliphatic rings. The van der Waals surface area contributed by atoms with Crippen molar-refractivity contribution >= 4 is 39.2 Å². The Morgan fingerprint density at radius 3 is 2.96 bits per heavy atom. The maximum atomic E-state index is 12.4. The molecule has 2 heterocycles. The van der Waals surface area contributed by atoms with Crippen molar-refractivity contribution < 1.29 is 4.79 Å². The summed E-state index contributed by atoms with van der Waals surface area (Å²) in [6, 6.07) is 7.93. The van der Waals surface area contributed by atoms with Crippen LogP contribution in [0.4, 0.5) is 0 Å². The van der Waals surface area contributed by atoms with E-state index in [2.05, 4.69) is 34.9 Å². The number of hydrogen-bond donors (Lipinski definition) is 0. The first kappa shape index (κ1) is 15.8. The summed E-state index contributed by atoms with van der Waals surface area (Å²) < 4.78 is 4.64. The Bertz CT molecular complexity index is 949. The molecule has 1 aromatic carbocycles. The fourth-order valence-electron chi connectivity index (χ4n) is 2.30. The van der Waals surface area contributed by atoms with E-state index in [0.717, 1.165) is 10.2 Å². The van der Waals surface area contributed by atoms with Gasteiger partial charge in [-0.25, -0.2) is 0 Å². The number of nitrogens with zero attached hydrogens (tertiary/aromatic N) is 4. The maximum Gasteiger partial charge on any atom is 0.297 e. The standard InChI is InChI=1S/C16H16N4OS2/c1-4-9-20-12-6-5-11(22-3)10-14(12)23-16(20)18-15(21)13-7-8-17-19(13)2/h4-8,10H,1,9H2,2-3H3. The van der Waals surface area contributed by atoms with Crippen molar-refractivity contribution in [3.8, 4) is 0 Å². The SMILES string of the molecule is C=CCn1c(=NC(=O)c2ccnn2C)sc2cc(SC)ccc21. The molecule has 0 radical (unpaired) electrons. The van der Waals surface area contributed by atoms with E-state index >= 15 is 0 Å². The first-order valence-electron chi connectivity index (χ1n) is 6.99. The van der Waals surface area contributed by atoms with Gasteiger partial charge in [-0.1, -0.05) is 17.4 Å². The van der Waals surface area contributed by atoms with Gasteiger partial charge in [0, 0.05) is 24.7 Å². The van der Waals surface area contributed by atoms with Gasteiger partial charge in [0.05, 0.1) is 10.2 Å². The molecule has 0 aliphatic carbocycles. The Morgan fingerprint density at radius 2 is 2.30 bits per heavy atom. The minimum absolute atomic E-state index is 0.292. The van der Waals surface area contributed by atoms with E-state index in [1.807, 2.05) is 16.9 Å². The molecule has 0 spiro atoms. The van der Waals surface area contributed by atoms with E-state index in [1.165, 1.54) is 20.9 Å². The van der Waals surface area contributed by atoms with Gasteiger partial charge in [-0.3, -0.25) is 9.48 Å². The van der Waals surface area contributed by atoms with Crippen LogP contribution < -0.4 is 4.80 Å². The van der Waals surface area contributed by atoms with Crippen molar-refractivity contribution in [2.75, 3.05) is 6.26 Å². The third-order valence-corrected chi connectivity index (χ3v) is 5.21. The lowest BCUT2D eigenvalue weighted by atomic mass is 10.3. The molecule has 5 nitrogen and oxygen atoms in total. The van der Waals surface area contributed by atoms with E-state index in [0.29, 0.717) is 17.0 Å². The average molecular weight is 344 g/mol. The zero-order chi connectivity index (χ0) is 16.4. The fraction of sp³-hybridized carbons (Fsp3) is 0.188. The van der Waals surface area contributed by atoms with Gasteiger partial charge in [0.1, 0.15) is 5.69 Å². The number of carbonyl (C=O) groups is 1. The van der Waals surface area contributed by atoms with Crippen molar-refractivity contribution in [1.82, 2.24) is 14.3 Å². The van der Waals surface area contributed by atoms with E-state index in [-0.39, 0.29) is 5.91 Å². The summed E-state index contributed by atoms with van der Waals surface area (Å²) in [6.45, 7) is 4.41. The van der Waals surface area contributed by atoms with Gasteiger partial charge in [-0.2, -0.15) is 10.1 Å². The van der Waals surface area contributed by atoms with Crippen molar-refractivity contribution in [3.63, 3.8) is 0 Å². The molecule has 0 bridgehead atoms. The Labute approximate surface area is 142 Å². The van der Waals surface area contributed by atoms with Gasteiger partial charge in [0.2, 0.25) is 0 Å². The van der Waals surface area contributed by atoms with E-state index < -0.39 is 0 Å². The van der Waals surface area contributed by atoms with Crippen LogP contribution >= 0.6 is 23.1 Å². The normalized spacial score (nSPS) is 12.0. The first-order valence-corrected chi connectivity index (χ1v) is 9.03. The summed E-state index contributed by atoms with van der Waals surface area (Å²) in [7, 11) is 1.73. The Hall–Kier alpha value is -2.12. The van der Waals surface area contributed by atoms with Gasteiger partial charge in [0.15, 0.2) is 4.80 Å². The number of thioether (sulfide) groups is 1. The van der Waals surface area contributed by atoms with Gasteiger partial charge in [-0.05, 0) is 30.5 Å². The third-order valence-electron chi connectivity index (χ3n) is 3.44. The minimum Gasteiger partial charge on any atom is -0.312 e. The molecule has 1 amide bonds. The second kappa shape index (κ2) is 6.55. The summed E-state index contributed by atoms with van der Waals surface area (Å²) in [4.78, 5) is 18.5. The average Bonchev–Trinajstić information content (AvgIpc) is 3.11. The number of hydrogen-bond acceptors (Lipinski definition) is 4. The fourth-order valence-corrected chi connectivity index (χ4v) is 3.89. The summed E-state index contributed by atoms with van der Waals surface area (Å²) in [5, 5.41) is 4.02. The number of carbonyl (C=O) groups excluding carboxylic acids is 1. The maximum absolute atomic E-state index is 12.4. The Morgan fingerprint density at radius 1 is 1.48 bits per heavy atom. The molecular formula is C16H16N4OS2. The first-order chi connectivity index (χ1) is 11.1. The van der Waals surface area contributed by atoms with Crippen LogP contribution in [0.1, 0.15) is 10.5 Å². The van der Waals surface area contributed by atoms with Gasteiger partial charge in [0.25, 0.3) is 5.91 Å². The highest BCUT2D eigenvalue weighted by Gasteiger charge is 2.11. The van der Waals surface area contributed by atoms with Crippen LogP contribution in [0.15, 0.2) is 53.0 Å². The lowest BCUT2D eigenvalue weighted by Gasteiger charge is -2.02. The predicted molar refractivity (Wildman–Crippen MR) is 94.9 cm³/mol. The topological polar surface area (TPSA) is 52.2 Å². The second-order valence-electron chi connectivity index (χ2n) is 4.87. The van der Waals surface area contributed by atoms with E-state index in [1.54, 1.807) is 31.1 Å². The molecule has 2 aromatic heterocycles.